The molecule has 21 heavy (non-hydrogen) atoms. The lowest BCUT2D eigenvalue weighted by atomic mass is 10.2. The summed E-state index contributed by atoms with van der Waals surface area (Å²) in [6.45, 7) is 5.58. The summed E-state index contributed by atoms with van der Waals surface area (Å²) >= 11 is 0. The van der Waals surface area contributed by atoms with Gasteiger partial charge in [-0.15, -0.1) is 12.4 Å². The van der Waals surface area contributed by atoms with Gasteiger partial charge in [0.1, 0.15) is 5.75 Å². The number of hydrogen-bond donors (Lipinski definition) is 3. The molecule has 0 aliphatic heterocycles. The number of rotatable bonds is 6. The van der Waals surface area contributed by atoms with Crippen LogP contribution >= 0.6 is 12.4 Å². The zero-order valence-electron chi connectivity index (χ0n) is 12.4. The third-order valence-electron chi connectivity index (χ3n) is 2.45. The van der Waals surface area contributed by atoms with Crippen LogP contribution in [0.15, 0.2) is 18.2 Å². The SMILES string of the molecule is Cc1cc(NC(=O)CNC(=O)CN)ccc1OC(C)C.Cl. The van der Waals surface area contributed by atoms with E-state index in [1.54, 1.807) is 6.07 Å². The summed E-state index contributed by atoms with van der Waals surface area (Å²) in [6.07, 6.45) is 0.0978. The highest BCUT2D eigenvalue weighted by Crippen LogP contribution is 2.22. The standard InChI is InChI=1S/C14H21N3O3.ClH/c1-9(2)20-12-5-4-11(6-10(12)3)17-14(19)8-16-13(18)7-15;/h4-6,9H,7-8,15H2,1-3H3,(H,16,18)(H,17,19);1H. The van der Waals surface area contributed by atoms with Crippen LogP contribution in [-0.4, -0.2) is 31.0 Å². The molecule has 0 heterocycles. The average molecular weight is 316 g/mol. The Kier molecular flexibility index (Phi) is 8.42. The van der Waals surface area contributed by atoms with E-state index in [0.29, 0.717) is 5.69 Å². The Morgan fingerprint density at radius 2 is 1.95 bits per heavy atom. The van der Waals surface area contributed by atoms with Crippen molar-refractivity contribution >= 4 is 29.9 Å². The van der Waals surface area contributed by atoms with Gasteiger partial charge < -0.3 is 21.1 Å². The summed E-state index contributed by atoms with van der Waals surface area (Å²) in [5.74, 6) is 0.121. The van der Waals surface area contributed by atoms with Crippen molar-refractivity contribution in [1.29, 1.82) is 0 Å². The summed E-state index contributed by atoms with van der Waals surface area (Å²) in [6, 6.07) is 5.39. The molecule has 7 heteroatoms. The maximum absolute atomic E-state index is 11.6. The second kappa shape index (κ2) is 9.20. The first-order valence-electron chi connectivity index (χ1n) is 6.46. The van der Waals surface area contributed by atoms with E-state index in [0.717, 1.165) is 11.3 Å². The van der Waals surface area contributed by atoms with E-state index in [-0.39, 0.29) is 43.4 Å². The first kappa shape index (κ1) is 19.2. The number of aryl methyl sites for hydroxylation is 1. The van der Waals surface area contributed by atoms with Crippen molar-refractivity contribution in [3.05, 3.63) is 23.8 Å². The normalized spacial score (nSPS) is 9.76. The lowest BCUT2D eigenvalue weighted by Crippen LogP contribution is -2.36. The lowest BCUT2D eigenvalue weighted by Gasteiger charge is -2.14. The first-order valence-corrected chi connectivity index (χ1v) is 6.46. The molecule has 0 saturated heterocycles. The van der Waals surface area contributed by atoms with E-state index in [1.165, 1.54) is 0 Å². The fourth-order valence-corrected chi connectivity index (χ4v) is 1.57. The van der Waals surface area contributed by atoms with Crippen LogP contribution in [0.5, 0.6) is 5.75 Å². The van der Waals surface area contributed by atoms with Gasteiger partial charge in [0.2, 0.25) is 11.8 Å². The third-order valence-corrected chi connectivity index (χ3v) is 2.45. The highest BCUT2D eigenvalue weighted by Gasteiger charge is 2.07. The number of benzene rings is 1. The minimum atomic E-state index is -0.364. The number of carbonyl (C=O) groups excluding carboxylic acids is 2. The Bertz CT molecular complexity index is 492. The van der Waals surface area contributed by atoms with Gasteiger partial charge in [-0.05, 0) is 44.5 Å². The van der Waals surface area contributed by atoms with E-state index in [1.807, 2.05) is 32.9 Å². The Balaban J connectivity index is 0.00000400. The van der Waals surface area contributed by atoms with E-state index in [9.17, 15) is 9.59 Å². The van der Waals surface area contributed by atoms with Gasteiger partial charge in [0.25, 0.3) is 0 Å². The molecule has 1 aromatic carbocycles. The molecule has 0 aliphatic rings. The van der Waals surface area contributed by atoms with Crippen LogP contribution in [0.2, 0.25) is 0 Å². The molecule has 0 aliphatic carbocycles. The highest BCUT2D eigenvalue weighted by molar-refractivity contribution is 5.94. The number of amides is 2. The molecule has 118 valence electrons. The van der Waals surface area contributed by atoms with Gasteiger partial charge in [0.05, 0.1) is 19.2 Å². The smallest absolute Gasteiger partial charge is 0.243 e. The van der Waals surface area contributed by atoms with Gasteiger partial charge in [-0.1, -0.05) is 0 Å². The molecule has 0 radical (unpaired) electrons. The number of carbonyl (C=O) groups is 2. The number of halogens is 1. The molecule has 1 aromatic rings. The maximum Gasteiger partial charge on any atom is 0.243 e. The Labute approximate surface area is 130 Å². The van der Waals surface area contributed by atoms with Gasteiger partial charge in [0.15, 0.2) is 0 Å². The van der Waals surface area contributed by atoms with E-state index < -0.39 is 0 Å². The largest absolute Gasteiger partial charge is 0.491 e. The molecule has 0 bridgehead atoms. The van der Waals surface area contributed by atoms with Crippen molar-refractivity contribution in [2.45, 2.75) is 26.9 Å². The minimum Gasteiger partial charge on any atom is -0.491 e. The predicted molar refractivity (Wildman–Crippen MR) is 84.9 cm³/mol. The Morgan fingerprint density at radius 1 is 1.29 bits per heavy atom. The monoisotopic (exact) mass is 315 g/mol. The molecule has 0 fully saturated rings. The molecule has 0 spiro atoms. The van der Waals surface area contributed by atoms with Crippen molar-refractivity contribution in [3.63, 3.8) is 0 Å². The molecule has 4 N–H and O–H groups in total. The topological polar surface area (TPSA) is 93.5 Å². The molecule has 0 aromatic heterocycles. The van der Waals surface area contributed by atoms with Gasteiger partial charge in [0, 0.05) is 5.69 Å². The molecule has 6 nitrogen and oxygen atoms in total. The van der Waals surface area contributed by atoms with Gasteiger partial charge in [-0.3, -0.25) is 9.59 Å². The lowest BCUT2D eigenvalue weighted by molar-refractivity contribution is -0.123. The highest BCUT2D eigenvalue weighted by atomic mass is 35.5. The number of nitrogens with two attached hydrogens (primary N) is 1. The number of anilines is 1. The second-order valence-electron chi connectivity index (χ2n) is 4.68. The van der Waals surface area contributed by atoms with Crippen molar-refractivity contribution < 1.29 is 14.3 Å². The number of hydrogen-bond acceptors (Lipinski definition) is 4. The predicted octanol–water partition coefficient (Wildman–Crippen LogP) is 1.22. The molecule has 1 rings (SSSR count). The minimum absolute atomic E-state index is 0. The third kappa shape index (κ3) is 6.97. The zero-order chi connectivity index (χ0) is 15.1. The number of nitrogens with one attached hydrogen (secondary N) is 2. The van der Waals surface area contributed by atoms with Crippen LogP contribution in [0.1, 0.15) is 19.4 Å². The van der Waals surface area contributed by atoms with Gasteiger partial charge in [-0.2, -0.15) is 0 Å². The molecular weight excluding hydrogens is 294 g/mol. The maximum atomic E-state index is 11.6. The van der Waals surface area contributed by atoms with Gasteiger partial charge >= 0.3 is 0 Å². The molecule has 0 atom stereocenters. The van der Waals surface area contributed by atoms with Crippen molar-refractivity contribution in [3.8, 4) is 5.75 Å². The van der Waals surface area contributed by atoms with E-state index in [2.05, 4.69) is 10.6 Å². The van der Waals surface area contributed by atoms with Crippen molar-refractivity contribution in [2.75, 3.05) is 18.4 Å². The summed E-state index contributed by atoms with van der Waals surface area (Å²) in [5.41, 5.74) is 6.72. The molecule has 0 saturated carbocycles. The Hall–Kier alpha value is -1.79. The zero-order valence-corrected chi connectivity index (χ0v) is 13.3. The summed E-state index contributed by atoms with van der Waals surface area (Å²) < 4.78 is 5.61. The fourth-order valence-electron chi connectivity index (χ4n) is 1.57. The summed E-state index contributed by atoms with van der Waals surface area (Å²) in [5, 5.41) is 5.10. The molecule has 2 amide bonds. The summed E-state index contributed by atoms with van der Waals surface area (Å²) in [7, 11) is 0. The fraction of sp³-hybridized carbons (Fsp3) is 0.429. The van der Waals surface area contributed by atoms with E-state index >= 15 is 0 Å². The summed E-state index contributed by atoms with van der Waals surface area (Å²) in [4.78, 5) is 22.5. The van der Waals surface area contributed by atoms with Crippen LogP contribution in [-0.2, 0) is 9.59 Å². The second-order valence-corrected chi connectivity index (χ2v) is 4.68. The molecular formula is C14H22ClN3O3. The van der Waals surface area contributed by atoms with E-state index in [4.69, 9.17) is 10.5 Å². The van der Waals surface area contributed by atoms with Crippen LogP contribution in [0.25, 0.3) is 0 Å². The van der Waals surface area contributed by atoms with Crippen molar-refractivity contribution in [2.24, 2.45) is 5.73 Å². The van der Waals surface area contributed by atoms with Crippen molar-refractivity contribution in [1.82, 2.24) is 5.32 Å². The molecule has 0 unspecified atom stereocenters. The number of ether oxygens (including phenoxy) is 1. The first-order chi connectivity index (χ1) is 9.42. The average Bonchev–Trinajstić information content (AvgIpc) is 2.38. The Morgan fingerprint density at radius 3 is 2.48 bits per heavy atom. The van der Waals surface area contributed by atoms with Gasteiger partial charge in [-0.25, -0.2) is 0 Å². The van der Waals surface area contributed by atoms with Crippen LogP contribution in [0, 0.1) is 6.92 Å². The van der Waals surface area contributed by atoms with Crippen LogP contribution < -0.4 is 21.1 Å². The van der Waals surface area contributed by atoms with Crippen LogP contribution in [0.3, 0.4) is 0 Å². The van der Waals surface area contributed by atoms with Crippen LogP contribution in [0.4, 0.5) is 5.69 Å². The quantitative estimate of drug-likeness (QED) is 0.735.